The second kappa shape index (κ2) is 6.03. The maximum absolute atomic E-state index is 12.0. The summed E-state index contributed by atoms with van der Waals surface area (Å²) in [5.41, 5.74) is 2.69. The molecular formula is C16H15N3O2S. The normalized spacial score (nSPS) is 10.5. The van der Waals surface area contributed by atoms with E-state index < -0.39 is 0 Å². The largest absolute Gasteiger partial charge is 0.497 e. The molecule has 0 spiro atoms. The highest BCUT2D eigenvalue weighted by molar-refractivity contribution is 7.22. The monoisotopic (exact) mass is 313 g/mol. The second-order valence-corrected chi connectivity index (χ2v) is 5.83. The third-order valence-corrected chi connectivity index (χ3v) is 4.08. The molecule has 2 aromatic carbocycles. The molecule has 0 radical (unpaired) electrons. The second-order valence-electron chi connectivity index (χ2n) is 4.80. The fourth-order valence-corrected chi connectivity index (χ4v) is 2.83. The molecule has 3 aromatic rings. The van der Waals surface area contributed by atoms with Gasteiger partial charge < -0.3 is 10.1 Å². The number of ether oxygens (including phenoxy) is 1. The Hall–Kier alpha value is -2.60. The van der Waals surface area contributed by atoms with Gasteiger partial charge in [0.15, 0.2) is 5.13 Å². The first-order valence-corrected chi connectivity index (χ1v) is 7.55. The summed E-state index contributed by atoms with van der Waals surface area (Å²) in [6.07, 6.45) is 0. The van der Waals surface area contributed by atoms with E-state index in [2.05, 4.69) is 15.6 Å². The number of carbonyl (C=O) groups is 1. The number of amides is 2. The Balaban J connectivity index is 1.72. The summed E-state index contributed by atoms with van der Waals surface area (Å²) < 4.78 is 6.16. The summed E-state index contributed by atoms with van der Waals surface area (Å²) in [6.45, 7) is 2.00. The van der Waals surface area contributed by atoms with Gasteiger partial charge in [-0.05, 0) is 31.2 Å². The minimum Gasteiger partial charge on any atom is -0.497 e. The third kappa shape index (κ3) is 3.17. The maximum atomic E-state index is 12.0. The van der Waals surface area contributed by atoms with Gasteiger partial charge in [-0.1, -0.05) is 29.0 Å². The molecule has 0 saturated heterocycles. The Kier molecular flexibility index (Phi) is 3.93. The van der Waals surface area contributed by atoms with Crippen LogP contribution in [-0.2, 0) is 0 Å². The lowest BCUT2D eigenvalue weighted by Gasteiger charge is -2.05. The van der Waals surface area contributed by atoms with E-state index in [0.29, 0.717) is 5.13 Å². The number of hydrogen-bond acceptors (Lipinski definition) is 4. The van der Waals surface area contributed by atoms with Crippen LogP contribution in [0, 0.1) is 6.92 Å². The van der Waals surface area contributed by atoms with Crippen LogP contribution in [0.5, 0.6) is 5.75 Å². The number of methoxy groups -OCH3 is 1. The van der Waals surface area contributed by atoms with Crippen LogP contribution in [-0.4, -0.2) is 18.1 Å². The number of carbonyl (C=O) groups excluding carboxylic acids is 1. The Morgan fingerprint density at radius 3 is 2.64 bits per heavy atom. The van der Waals surface area contributed by atoms with Gasteiger partial charge in [-0.15, -0.1) is 0 Å². The molecule has 0 aliphatic heterocycles. The number of urea groups is 1. The van der Waals surface area contributed by atoms with Crippen molar-refractivity contribution in [1.29, 1.82) is 0 Å². The van der Waals surface area contributed by atoms with Gasteiger partial charge in [0.25, 0.3) is 0 Å². The fraction of sp³-hybridized carbons (Fsp3) is 0.125. The van der Waals surface area contributed by atoms with Crippen molar-refractivity contribution in [2.24, 2.45) is 0 Å². The maximum Gasteiger partial charge on any atom is 0.325 e. The number of nitrogens with one attached hydrogen (secondary N) is 2. The zero-order valence-corrected chi connectivity index (χ0v) is 13.0. The molecule has 0 aliphatic rings. The number of benzene rings is 2. The number of nitrogens with zero attached hydrogens (tertiary/aromatic N) is 1. The molecule has 2 N–H and O–H groups in total. The molecule has 22 heavy (non-hydrogen) atoms. The van der Waals surface area contributed by atoms with Crippen molar-refractivity contribution >= 4 is 38.4 Å². The molecule has 0 fully saturated rings. The average Bonchev–Trinajstić information content (AvgIpc) is 2.90. The molecule has 1 heterocycles. The predicted molar refractivity (Wildman–Crippen MR) is 90.0 cm³/mol. The number of hydrogen-bond donors (Lipinski definition) is 2. The molecule has 5 nitrogen and oxygen atoms in total. The lowest BCUT2D eigenvalue weighted by Crippen LogP contribution is -2.19. The molecule has 112 valence electrons. The zero-order valence-electron chi connectivity index (χ0n) is 12.2. The Bertz CT molecular complexity index is 812. The first kappa shape index (κ1) is 14.3. The summed E-state index contributed by atoms with van der Waals surface area (Å²) in [6, 6.07) is 12.9. The summed E-state index contributed by atoms with van der Waals surface area (Å²) in [5, 5.41) is 6.07. The highest BCUT2D eigenvalue weighted by atomic mass is 32.1. The van der Waals surface area contributed by atoms with Crippen LogP contribution in [0.3, 0.4) is 0 Å². The quantitative estimate of drug-likeness (QED) is 0.759. The van der Waals surface area contributed by atoms with Gasteiger partial charge in [-0.2, -0.15) is 0 Å². The summed E-state index contributed by atoms with van der Waals surface area (Å²) in [4.78, 5) is 16.4. The highest BCUT2D eigenvalue weighted by Crippen LogP contribution is 2.28. The van der Waals surface area contributed by atoms with Gasteiger partial charge in [0.05, 0.1) is 17.3 Å². The molecule has 1 aromatic heterocycles. The topological polar surface area (TPSA) is 63.2 Å². The van der Waals surface area contributed by atoms with Gasteiger partial charge in [-0.3, -0.25) is 5.32 Å². The number of aryl methyl sites for hydroxylation is 1. The summed E-state index contributed by atoms with van der Waals surface area (Å²) in [7, 11) is 1.61. The van der Waals surface area contributed by atoms with E-state index in [9.17, 15) is 4.79 Å². The molecule has 0 unspecified atom stereocenters. The van der Waals surface area contributed by atoms with Gasteiger partial charge in [0, 0.05) is 11.8 Å². The van der Waals surface area contributed by atoms with Crippen LogP contribution in [0.2, 0.25) is 0 Å². The van der Waals surface area contributed by atoms with E-state index in [-0.39, 0.29) is 6.03 Å². The van der Waals surface area contributed by atoms with Crippen LogP contribution in [0.1, 0.15) is 5.56 Å². The minimum absolute atomic E-state index is 0.310. The van der Waals surface area contributed by atoms with Crippen LogP contribution in [0.15, 0.2) is 42.5 Å². The van der Waals surface area contributed by atoms with Crippen molar-refractivity contribution in [1.82, 2.24) is 4.98 Å². The van der Waals surface area contributed by atoms with Gasteiger partial charge >= 0.3 is 6.03 Å². The van der Waals surface area contributed by atoms with E-state index in [1.807, 2.05) is 49.4 Å². The van der Waals surface area contributed by atoms with Crippen molar-refractivity contribution in [2.45, 2.75) is 6.92 Å². The van der Waals surface area contributed by atoms with Crippen molar-refractivity contribution < 1.29 is 9.53 Å². The standard InChI is InChI=1S/C16H15N3O2S/c1-10-3-5-11(6-4-10)17-15(20)19-16-18-13-9-12(21-2)7-8-14(13)22-16/h3-9H,1-2H3,(H2,17,18,19,20). The minimum atomic E-state index is -0.310. The number of thiazole rings is 1. The Morgan fingerprint density at radius 2 is 1.91 bits per heavy atom. The number of fused-ring (bicyclic) bond motifs is 1. The van der Waals surface area contributed by atoms with Crippen molar-refractivity contribution in [2.75, 3.05) is 17.7 Å². The average molecular weight is 313 g/mol. The SMILES string of the molecule is COc1ccc2sc(NC(=O)Nc3ccc(C)cc3)nc2c1. The molecular weight excluding hydrogens is 298 g/mol. The smallest absolute Gasteiger partial charge is 0.325 e. The van der Waals surface area contributed by atoms with E-state index in [4.69, 9.17) is 4.74 Å². The van der Waals surface area contributed by atoms with E-state index in [0.717, 1.165) is 27.2 Å². The number of anilines is 2. The predicted octanol–water partition coefficient (Wildman–Crippen LogP) is 4.26. The highest BCUT2D eigenvalue weighted by Gasteiger charge is 2.08. The van der Waals surface area contributed by atoms with Crippen molar-refractivity contribution in [3.8, 4) is 5.75 Å². The Morgan fingerprint density at radius 1 is 1.14 bits per heavy atom. The first-order chi connectivity index (χ1) is 10.6. The molecule has 0 saturated carbocycles. The van der Waals surface area contributed by atoms with Crippen LogP contribution in [0.25, 0.3) is 10.2 Å². The van der Waals surface area contributed by atoms with Gasteiger partial charge in [0.2, 0.25) is 0 Å². The summed E-state index contributed by atoms with van der Waals surface area (Å²) in [5.74, 6) is 0.744. The zero-order chi connectivity index (χ0) is 15.5. The molecule has 0 aliphatic carbocycles. The third-order valence-electron chi connectivity index (χ3n) is 3.12. The van der Waals surface area contributed by atoms with Gasteiger partial charge in [-0.25, -0.2) is 9.78 Å². The molecule has 2 amide bonds. The van der Waals surface area contributed by atoms with Gasteiger partial charge in [0.1, 0.15) is 5.75 Å². The molecule has 3 rings (SSSR count). The Labute approximate surface area is 131 Å². The summed E-state index contributed by atoms with van der Waals surface area (Å²) >= 11 is 1.42. The molecule has 0 atom stereocenters. The molecule has 0 bridgehead atoms. The lowest BCUT2D eigenvalue weighted by atomic mass is 10.2. The number of aromatic nitrogens is 1. The van der Waals surface area contributed by atoms with Crippen LogP contribution < -0.4 is 15.4 Å². The fourth-order valence-electron chi connectivity index (χ4n) is 1.98. The van der Waals surface area contributed by atoms with Crippen LogP contribution >= 0.6 is 11.3 Å². The lowest BCUT2D eigenvalue weighted by molar-refractivity contribution is 0.262. The van der Waals surface area contributed by atoms with E-state index in [1.165, 1.54) is 11.3 Å². The number of rotatable bonds is 3. The van der Waals surface area contributed by atoms with Crippen molar-refractivity contribution in [3.05, 3.63) is 48.0 Å². The first-order valence-electron chi connectivity index (χ1n) is 6.73. The van der Waals surface area contributed by atoms with Crippen LogP contribution in [0.4, 0.5) is 15.6 Å². The van der Waals surface area contributed by atoms with Crippen molar-refractivity contribution in [3.63, 3.8) is 0 Å². The molecule has 6 heteroatoms. The van der Waals surface area contributed by atoms with E-state index >= 15 is 0 Å². The van der Waals surface area contributed by atoms with E-state index in [1.54, 1.807) is 7.11 Å².